The second-order valence-electron chi connectivity index (χ2n) is 7.00. The van der Waals surface area contributed by atoms with Gasteiger partial charge in [-0.2, -0.15) is 4.31 Å². The van der Waals surface area contributed by atoms with E-state index in [-0.39, 0.29) is 17.7 Å². The summed E-state index contributed by atoms with van der Waals surface area (Å²) in [6.45, 7) is 4.88. The molecule has 2 aliphatic heterocycles. The summed E-state index contributed by atoms with van der Waals surface area (Å²) in [5.41, 5.74) is 1.31. The second kappa shape index (κ2) is 7.50. The van der Waals surface area contributed by atoms with Crippen LogP contribution in [0.25, 0.3) is 0 Å². The largest absolute Gasteiger partial charge is 0.454 e. The first-order valence-corrected chi connectivity index (χ1v) is 10.7. The second-order valence-corrected chi connectivity index (χ2v) is 8.94. The van der Waals surface area contributed by atoms with Crippen LogP contribution in [-0.2, 0) is 16.4 Å². The van der Waals surface area contributed by atoms with Crippen LogP contribution >= 0.6 is 0 Å². The summed E-state index contributed by atoms with van der Waals surface area (Å²) in [5, 5.41) is 0. The number of piperazine rings is 1. The lowest BCUT2D eigenvalue weighted by Crippen LogP contribution is -2.53. The third-order valence-electron chi connectivity index (χ3n) is 5.24. The maximum Gasteiger partial charge on any atom is 0.243 e. The molecule has 0 saturated carbocycles. The van der Waals surface area contributed by atoms with Crippen LogP contribution in [0.1, 0.15) is 12.5 Å². The molecule has 1 atom stereocenters. The standard InChI is InChI=1S/C20H24N2O4S/c1-16-14-22(12-11-21(16)10-9-17-5-3-2-4-6-17)27(23,24)18-7-8-19-20(13-18)26-15-25-19/h2-8,13,16H,9-12,14-15H2,1H3. The maximum atomic E-state index is 13.0. The highest BCUT2D eigenvalue weighted by molar-refractivity contribution is 7.89. The topological polar surface area (TPSA) is 59.1 Å². The van der Waals surface area contributed by atoms with Crippen LogP contribution in [0, 0.1) is 0 Å². The fraction of sp³-hybridized carbons (Fsp3) is 0.400. The molecule has 4 rings (SSSR count). The van der Waals surface area contributed by atoms with E-state index in [4.69, 9.17) is 9.47 Å². The smallest absolute Gasteiger partial charge is 0.243 e. The fourth-order valence-corrected chi connectivity index (χ4v) is 5.14. The fourth-order valence-electron chi connectivity index (χ4n) is 3.62. The van der Waals surface area contributed by atoms with Crippen molar-refractivity contribution in [2.75, 3.05) is 33.0 Å². The molecule has 1 unspecified atom stereocenters. The van der Waals surface area contributed by atoms with Gasteiger partial charge in [-0.3, -0.25) is 4.90 Å². The first-order valence-electron chi connectivity index (χ1n) is 9.22. The van der Waals surface area contributed by atoms with Gasteiger partial charge in [0.2, 0.25) is 16.8 Å². The van der Waals surface area contributed by atoms with E-state index >= 15 is 0 Å². The zero-order valence-corrected chi connectivity index (χ0v) is 16.2. The van der Waals surface area contributed by atoms with Crippen LogP contribution in [0.2, 0.25) is 0 Å². The summed E-state index contributed by atoms with van der Waals surface area (Å²) in [6.07, 6.45) is 0.972. The molecule has 0 radical (unpaired) electrons. The lowest BCUT2D eigenvalue weighted by molar-refractivity contribution is 0.130. The summed E-state index contributed by atoms with van der Waals surface area (Å²) >= 11 is 0. The molecule has 6 nitrogen and oxygen atoms in total. The average molecular weight is 388 g/mol. The van der Waals surface area contributed by atoms with Gasteiger partial charge < -0.3 is 9.47 Å². The van der Waals surface area contributed by atoms with Crippen LogP contribution in [0.5, 0.6) is 11.5 Å². The molecule has 2 aliphatic rings. The Morgan fingerprint density at radius 1 is 1.04 bits per heavy atom. The van der Waals surface area contributed by atoms with Crippen LogP contribution in [0.15, 0.2) is 53.4 Å². The van der Waals surface area contributed by atoms with Crippen LogP contribution in [0.3, 0.4) is 0 Å². The van der Waals surface area contributed by atoms with Crippen LogP contribution in [-0.4, -0.2) is 56.6 Å². The summed E-state index contributed by atoms with van der Waals surface area (Å²) in [7, 11) is -3.54. The Labute approximate surface area is 160 Å². The van der Waals surface area contributed by atoms with Crippen molar-refractivity contribution in [2.24, 2.45) is 0 Å². The lowest BCUT2D eigenvalue weighted by atomic mass is 10.1. The van der Waals surface area contributed by atoms with E-state index in [2.05, 4.69) is 36.1 Å². The Morgan fingerprint density at radius 2 is 1.81 bits per heavy atom. The zero-order valence-electron chi connectivity index (χ0n) is 15.4. The Morgan fingerprint density at radius 3 is 2.59 bits per heavy atom. The van der Waals surface area contributed by atoms with Gasteiger partial charge in [0, 0.05) is 38.3 Å². The molecule has 0 spiro atoms. The number of rotatable bonds is 5. The van der Waals surface area contributed by atoms with E-state index < -0.39 is 10.0 Å². The molecule has 27 heavy (non-hydrogen) atoms. The van der Waals surface area contributed by atoms with Gasteiger partial charge in [-0.1, -0.05) is 30.3 Å². The average Bonchev–Trinajstić information content (AvgIpc) is 3.15. The van der Waals surface area contributed by atoms with Crippen molar-refractivity contribution >= 4 is 10.0 Å². The van der Waals surface area contributed by atoms with Crippen LogP contribution < -0.4 is 9.47 Å². The van der Waals surface area contributed by atoms with Crippen LogP contribution in [0.4, 0.5) is 0 Å². The number of hydrogen-bond acceptors (Lipinski definition) is 5. The molecule has 2 heterocycles. The third kappa shape index (κ3) is 3.81. The molecule has 0 bridgehead atoms. The SMILES string of the molecule is CC1CN(S(=O)(=O)c2ccc3c(c2)OCO3)CCN1CCc1ccccc1. The van der Waals surface area contributed by atoms with E-state index in [1.54, 1.807) is 22.5 Å². The van der Waals surface area contributed by atoms with Gasteiger partial charge in [-0.15, -0.1) is 0 Å². The van der Waals surface area contributed by atoms with Gasteiger partial charge >= 0.3 is 0 Å². The molecule has 1 saturated heterocycles. The molecule has 0 amide bonds. The molecule has 2 aromatic carbocycles. The van der Waals surface area contributed by atoms with Gasteiger partial charge in [-0.05, 0) is 31.0 Å². The van der Waals surface area contributed by atoms with Crippen molar-refractivity contribution < 1.29 is 17.9 Å². The lowest BCUT2D eigenvalue weighted by Gasteiger charge is -2.39. The molecule has 7 heteroatoms. The highest BCUT2D eigenvalue weighted by Crippen LogP contribution is 2.35. The highest BCUT2D eigenvalue weighted by Gasteiger charge is 2.33. The minimum Gasteiger partial charge on any atom is -0.454 e. The molecular formula is C20H24N2O4S. The molecule has 0 N–H and O–H groups in total. The van der Waals surface area contributed by atoms with E-state index in [1.165, 1.54) is 5.56 Å². The molecule has 1 fully saturated rings. The zero-order chi connectivity index (χ0) is 18.9. The third-order valence-corrected chi connectivity index (χ3v) is 7.10. The molecular weight excluding hydrogens is 364 g/mol. The minimum atomic E-state index is -3.54. The van der Waals surface area contributed by atoms with Crippen molar-refractivity contribution in [2.45, 2.75) is 24.3 Å². The van der Waals surface area contributed by atoms with Crippen molar-refractivity contribution in [3.8, 4) is 11.5 Å². The Hall–Kier alpha value is -2.09. The predicted molar refractivity (Wildman–Crippen MR) is 103 cm³/mol. The molecule has 2 aromatic rings. The number of sulfonamides is 1. The monoisotopic (exact) mass is 388 g/mol. The number of nitrogens with zero attached hydrogens (tertiary/aromatic N) is 2. The van der Waals surface area contributed by atoms with E-state index in [1.807, 2.05) is 6.07 Å². The van der Waals surface area contributed by atoms with Crippen molar-refractivity contribution in [3.63, 3.8) is 0 Å². The van der Waals surface area contributed by atoms with Gasteiger partial charge in [0.05, 0.1) is 4.90 Å². The molecule has 0 aromatic heterocycles. The Bertz CT molecular complexity index is 901. The molecule has 0 aliphatic carbocycles. The summed E-state index contributed by atoms with van der Waals surface area (Å²) in [5.74, 6) is 1.08. The number of fused-ring (bicyclic) bond motifs is 1. The van der Waals surface area contributed by atoms with Gasteiger partial charge in [0.15, 0.2) is 11.5 Å². The van der Waals surface area contributed by atoms with Crippen molar-refractivity contribution in [1.29, 1.82) is 0 Å². The predicted octanol–water partition coefficient (Wildman–Crippen LogP) is 2.35. The first-order chi connectivity index (χ1) is 13.0. The van der Waals surface area contributed by atoms with Gasteiger partial charge in [0.25, 0.3) is 0 Å². The summed E-state index contributed by atoms with van der Waals surface area (Å²) in [6, 6.07) is 15.4. The first kappa shape index (κ1) is 18.3. The number of ether oxygens (including phenoxy) is 2. The van der Waals surface area contributed by atoms with E-state index in [0.29, 0.717) is 24.6 Å². The van der Waals surface area contributed by atoms with Crippen molar-refractivity contribution in [1.82, 2.24) is 9.21 Å². The van der Waals surface area contributed by atoms with Crippen molar-refractivity contribution in [3.05, 3.63) is 54.1 Å². The number of benzene rings is 2. The van der Waals surface area contributed by atoms with Gasteiger partial charge in [0.1, 0.15) is 0 Å². The quantitative estimate of drug-likeness (QED) is 0.787. The Kier molecular flexibility index (Phi) is 5.08. The minimum absolute atomic E-state index is 0.135. The number of hydrogen-bond donors (Lipinski definition) is 0. The molecule has 144 valence electrons. The highest BCUT2D eigenvalue weighted by atomic mass is 32.2. The summed E-state index contributed by atoms with van der Waals surface area (Å²) in [4.78, 5) is 2.62. The summed E-state index contributed by atoms with van der Waals surface area (Å²) < 4.78 is 38.2. The Balaban J connectivity index is 1.41. The maximum absolute atomic E-state index is 13.0. The normalized spacial score (nSPS) is 20.7. The van der Waals surface area contributed by atoms with E-state index in [9.17, 15) is 8.42 Å². The van der Waals surface area contributed by atoms with E-state index in [0.717, 1.165) is 19.5 Å². The van der Waals surface area contributed by atoms with Gasteiger partial charge in [-0.25, -0.2) is 8.42 Å².